The van der Waals surface area contributed by atoms with E-state index in [1.54, 1.807) is 0 Å². The van der Waals surface area contributed by atoms with Gasteiger partial charge in [-0.1, -0.05) is 0 Å². The van der Waals surface area contributed by atoms with Crippen LogP contribution >= 0.6 is 0 Å². The van der Waals surface area contributed by atoms with Gasteiger partial charge in [0.25, 0.3) is 0 Å². The molecule has 0 unspecified atom stereocenters. The van der Waals surface area contributed by atoms with E-state index in [0.29, 0.717) is 0 Å². The summed E-state index contributed by atoms with van der Waals surface area (Å²) in [6.45, 7) is 3.73. The molecule has 0 saturated carbocycles. The fourth-order valence-electron chi connectivity index (χ4n) is 0.455. The number of aryl methyl sites for hydroxylation is 2. The number of nitrogens with zero attached hydrogens (tertiary/aromatic N) is 2. The SMILES string of the molecule is Cc1n[nH]c(C)n1.[V]. The summed E-state index contributed by atoms with van der Waals surface area (Å²) in [4.78, 5) is 3.94. The maximum absolute atomic E-state index is 3.94. The predicted octanol–water partition coefficient (Wildman–Crippen LogP) is 0.419. The van der Waals surface area contributed by atoms with Crippen LogP contribution in [-0.4, -0.2) is 15.2 Å². The summed E-state index contributed by atoms with van der Waals surface area (Å²) in [5.74, 6) is 1.68. The Balaban J connectivity index is 0.000000490. The molecule has 4 heteroatoms. The van der Waals surface area contributed by atoms with E-state index in [1.807, 2.05) is 13.8 Å². The molecule has 0 bridgehead atoms. The zero-order valence-corrected chi connectivity index (χ0v) is 6.24. The molecule has 1 N–H and O–H groups in total. The smallest absolute Gasteiger partial charge is 0.147 e. The molecule has 1 rings (SSSR count). The summed E-state index contributed by atoms with van der Waals surface area (Å²) in [5, 5.41) is 6.49. The Kier molecular flexibility index (Phi) is 2.80. The van der Waals surface area contributed by atoms with Gasteiger partial charge in [-0.3, -0.25) is 5.10 Å². The van der Waals surface area contributed by atoms with Crippen LogP contribution in [0.1, 0.15) is 11.6 Å². The molecule has 0 fully saturated rings. The average molecular weight is 148 g/mol. The van der Waals surface area contributed by atoms with Crippen LogP contribution in [0.4, 0.5) is 0 Å². The Morgan fingerprint density at radius 3 is 2.12 bits per heavy atom. The molecule has 43 valence electrons. The van der Waals surface area contributed by atoms with Crippen molar-refractivity contribution in [3.63, 3.8) is 0 Å². The predicted molar refractivity (Wildman–Crippen MR) is 25.9 cm³/mol. The third kappa shape index (κ3) is 1.68. The summed E-state index contributed by atoms with van der Waals surface area (Å²) in [6.07, 6.45) is 0. The average Bonchev–Trinajstić information content (AvgIpc) is 1.87. The molecule has 0 aliphatic carbocycles. The molecule has 0 atom stereocenters. The Morgan fingerprint density at radius 1 is 1.38 bits per heavy atom. The summed E-state index contributed by atoms with van der Waals surface area (Å²) in [5.41, 5.74) is 0. The van der Waals surface area contributed by atoms with Crippen LogP contribution in [0.5, 0.6) is 0 Å². The van der Waals surface area contributed by atoms with E-state index in [0.717, 1.165) is 11.6 Å². The minimum absolute atomic E-state index is 0. The van der Waals surface area contributed by atoms with Crippen LogP contribution in [0.3, 0.4) is 0 Å². The number of nitrogens with one attached hydrogen (secondary N) is 1. The largest absolute Gasteiger partial charge is 0.263 e. The number of H-pyrrole nitrogens is 1. The van der Waals surface area contributed by atoms with Gasteiger partial charge >= 0.3 is 0 Å². The maximum atomic E-state index is 3.94. The second kappa shape index (κ2) is 2.89. The second-order valence-electron chi connectivity index (χ2n) is 1.47. The molecular formula is C4H7N3V. The molecule has 1 radical (unpaired) electrons. The van der Waals surface area contributed by atoms with Crippen molar-refractivity contribution >= 4 is 0 Å². The fourth-order valence-corrected chi connectivity index (χ4v) is 0.455. The first-order valence-corrected chi connectivity index (χ1v) is 2.14. The molecule has 0 aromatic carbocycles. The van der Waals surface area contributed by atoms with E-state index in [4.69, 9.17) is 0 Å². The van der Waals surface area contributed by atoms with E-state index < -0.39 is 0 Å². The third-order valence-electron chi connectivity index (χ3n) is 0.709. The van der Waals surface area contributed by atoms with Crippen molar-refractivity contribution in [2.75, 3.05) is 0 Å². The number of hydrogen-bond donors (Lipinski definition) is 1. The van der Waals surface area contributed by atoms with Crippen molar-refractivity contribution in [3.05, 3.63) is 11.6 Å². The molecule has 0 saturated heterocycles. The van der Waals surface area contributed by atoms with Gasteiger partial charge in [-0.05, 0) is 13.8 Å². The van der Waals surface area contributed by atoms with Crippen LogP contribution in [0, 0.1) is 13.8 Å². The number of aromatic amines is 1. The quantitative estimate of drug-likeness (QED) is 0.579. The minimum atomic E-state index is 0. The molecule has 1 heterocycles. The number of rotatable bonds is 0. The van der Waals surface area contributed by atoms with E-state index in [1.165, 1.54) is 0 Å². The summed E-state index contributed by atoms with van der Waals surface area (Å²) >= 11 is 0. The maximum Gasteiger partial charge on any atom is 0.147 e. The zero-order chi connectivity index (χ0) is 5.28. The molecule has 0 aliphatic heterocycles. The van der Waals surface area contributed by atoms with Gasteiger partial charge < -0.3 is 0 Å². The number of aromatic nitrogens is 3. The first-order valence-electron chi connectivity index (χ1n) is 2.14. The molecule has 0 amide bonds. The second-order valence-corrected chi connectivity index (χ2v) is 1.47. The van der Waals surface area contributed by atoms with Gasteiger partial charge in [-0.2, -0.15) is 5.10 Å². The van der Waals surface area contributed by atoms with Gasteiger partial charge in [-0.25, -0.2) is 4.98 Å². The van der Waals surface area contributed by atoms with Crippen LogP contribution in [0.25, 0.3) is 0 Å². The number of hydrogen-bond acceptors (Lipinski definition) is 2. The van der Waals surface area contributed by atoms with Gasteiger partial charge in [0.05, 0.1) is 0 Å². The van der Waals surface area contributed by atoms with Gasteiger partial charge in [0.1, 0.15) is 11.6 Å². The molecule has 0 aliphatic rings. The van der Waals surface area contributed by atoms with Gasteiger partial charge in [0.15, 0.2) is 0 Å². The fraction of sp³-hybridized carbons (Fsp3) is 0.500. The minimum Gasteiger partial charge on any atom is -0.263 e. The first-order chi connectivity index (χ1) is 3.29. The van der Waals surface area contributed by atoms with Crippen LogP contribution in [0.15, 0.2) is 0 Å². The normalized spacial score (nSPS) is 8.25. The Morgan fingerprint density at radius 2 is 2.00 bits per heavy atom. The molecule has 1 aromatic rings. The topological polar surface area (TPSA) is 41.6 Å². The molecule has 8 heavy (non-hydrogen) atoms. The van der Waals surface area contributed by atoms with Crippen molar-refractivity contribution in [2.24, 2.45) is 0 Å². The van der Waals surface area contributed by atoms with Gasteiger partial charge in [-0.15, -0.1) is 0 Å². The summed E-state index contributed by atoms with van der Waals surface area (Å²) in [7, 11) is 0. The van der Waals surface area contributed by atoms with Crippen LogP contribution in [0.2, 0.25) is 0 Å². The summed E-state index contributed by atoms with van der Waals surface area (Å²) in [6, 6.07) is 0. The molecule has 0 spiro atoms. The summed E-state index contributed by atoms with van der Waals surface area (Å²) < 4.78 is 0. The van der Waals surface area contributed by atoms with E-state index in [9.17, 15) is 0 Å². The van der Waals surface area contributed by atoms with Crippen LogP contribution in [-0.2, 0) is 18.6 Å². The van der Waals surface area contributed by atoms with Gasteiger partial charge in [0, 0.05) is 18.6 Å². The zero-order valence-electron chi connectivity index (χ0n) is 4.84. The van der Waals surface area contributed by atoms with Crippen molar-refractivity contribution in [3.8, 4) is 0 Å². The monoisotopic (exact) mass is 148 g/mol. The van der Waals surface area contributed by atoms with E-state index in [2.05, 4.69) is 15.2 Å². The third-order valence-corrected chi connectivity index (χ3v) is 0.709. The van der Waals surface area contributed by atoms with E-state index in [-0.39, 0.29) is 18.6 Å². The van der Waals surface area contributed by atoms with Crippen molar-refractivity contribution < 1.29 is 18.6 Å². The Bertz CT molecular complexity index is 144. The van der Waals surface area contributed by atoms with E-state index >= 15 is 0 Å². The van der Waals surface area contributed by atoms with Crippen molar-refractivity contribution in [1.29, 1.82) is 0 Å². The van der Waals surface area contributed by atoms with Crippen molar-refractivity contribution in [1.82, 2.24) is 15.2 Å². The van der Waals surface area contributed by atoms with Crippen molar-refractivity contribution in [2.45, 2.75) is 13.8 Å². The standard InChI is InChI=1S/C4H7N3.V/c1-3-5-4(2)7-6-3;/h1-2H3,(H,5,6,7);. The molecule has 1 aromatic heterocycles. The Hall–Kier alpha value is -0.276. The molecule has 3 nitrogen and oxygen atoms in total. The molecular weight excluding hydrogens is 141 g/mol. The Labute approximate surface area is 59.8 Å². The first kappa shape index (κ1) is 7.72. The van der Waals surface area contributed by atoms with Gasteiger partial charge in [0.2, 0.25) is 0 Å². The van der Waals surface area contributed by atoms with Crippen LogP contribution < -0.4 is 0 Å².